The van der Waals surface area contributed by atoms with E-state index >= 15 is 0 Å². The molecule has 1 aromatic heterocycles. The van der Waals surface area contributed by atoms with Crippen molar-refractivity contribution in [3.8, 4) is 0 Å². The molecular formula is C12H21N3O6. The van der Waals surface area contributed by atoms with Crippen LogP contribution in [0.1, 0.15) is 41.5 Å². The largest absolute Gasteiger partial charge is 0.371 e. The summed E-state index contributed by atoms with van der Waals surface area (Å²) in [5.41, 5.74) is -9.31. The zero-order valence-corrected chi connectivity index (χ0v) is 12.9. The normalized spacial score (nSPS) is 13.6. The lowest BCUT2D eigenvalue weighted by atomic mass is 10.2. The molecule has 21 heavy (non-hydrogen) atoms. The van der Waals surface area contributed by atoms with Crippen molar-refractivity contribution in [2.45, 2.75) is 58.7 Å². The average Bonchev–Trinajstić information content (AvgIpc) is 2.07. The Labute approximate surface area is 120 Å². The van der Waals surface area contributed by atoms with Gasteiger partial charge in [-0.05, 0) is 41.5 Å². The minimum Gasteiger partial charge on any atom is -0.371 e. The van der Waals surface area contributed by atoms with Gasteiger partial charge >= 0.3 is 17.1 Å². The molecule has 0 saturated carbocycles. The first-order valence-corrected chi connectivity index (χ1v) is 6.30. The van der Waals surface area contributed by atoms with Gasteiger partial charge in [0.1, 0.15) is 17.2 Å². The maximum Gasteiger partial charge on any atom is 0.341 e. The summed E-state index contributed by atoms with van der Waals surface area (Å²) in [6.45, 7) is 7.02. The molecule has 120 valence electrons. The lowest BCUT2D eigenvalue weighted by Crippen LogP contribution is -2.65. The van der Waals surface area contributed by atoms with Crippen LogP contribution in [0.4, 0.5) is 0 Å². The molecular weight excluding hydrogens is 282 g/mol. The van der Waals surface area contributed by atoms with Crippen molar-refractivity contribution in [3.05, 3.63) is 31.5 Å². The highest BCUT2D eigenvalue weighted by Gasteiger charge is 2.34. The van der Waals surface area contributed by atoms with Gasteiger partial charge in [0.05, 0.1) is 0 Å². The molecule has 0 fully saturated rings. The SMILES string of the molecule is CC(C)(O)n1c(=O)n(C(C)(C)O)c(=O)n(C(C)(C)O)c1=O. The molecule has 0 saturated heterocycles. The van der Waals surface area contributed by atoms with E-state index in [1.54, 1.807) is 0 Å². The maximum atomic E-state index is 12.3. The van der Waals surface area contributed by atoms with Crippen LogP contribution in [-0.2, 0) is 17.2 Å². The van der Waals surface area contributed by atoms with Gasteiger partial charge in [-0.3, -0.25) is 0 Å². The molecule has 0 aliphatic heterocycles. The Morgan fingerprint density at radius 2 is 0.714 bits per heavy atom. The summed E-state index contributed by atoms with van der Waals surface area (Å²) in [7, 11) is 0. The van der Waals surface area contributed by atoms with E-state index in [0.29, 0.717) is 13.7 Å². The molecule has 1 aromatic rings. The van der Waals surface area contributed by atoms with E-state index in [4.69, 9.17) is 0 Å². The lowest BCUT2D eigenvalue weighted by molar-refractivity contribution is -0.0568. The van der Waals surface area contributed by atoms with E-state index in [1.807, 2.05) is 0 Å². The maximum absolute atomic E-state index is 12.3. The third kappa shape index (κ3) is 2.99. The van der Waals surface area contributed by atoms with E-state index in [-0.39, 0.29) is 0 Å². The van der Waals surface area contributed by atoms with Crippen molar-refractivity contribution >= 4 is 0 Å². The number of hydrogen-bond acceptors (Lipinski definition) is 6. The van der Waals surface area contributed by atoms with Crippen molar-refractivity contribution in [3.63, 3.8) is 0 Å². The molecule has 3 N–H and O–H groups in total. The minimum absolute atomic E-state index is 0.393. The molecule has 1 rings (SSSR count). The molecule has 0 atom stereocenters. The number of aliphatic hydroxyl groups is 3. The van der Waals surface area contributed by atoms with Crippen molar-refractivity contribution in [2.24, 2.45) is 0 Å². The first kappa shape index (κ1) is 17.3. The summed E-state index contributed by atoms with van der Waals surface area (Å²) < 4.78 is 1.18. The fourth-order valence-electron chi connectivity index (χ4n) is 1.95. The predicted molar refractivity (Wildman–Crippen MR) is 73.8 cm³/mol. The van der Waals surface area contributed by atoms with Crippen LogP contribution in [0.5, 0.6) is 0 Å². The van der Waals surface area contributed by atoms with E-state index in [9.17, 15) is 29.7 Å². The molecule has 9 heteroatoms. The molecule has 0 aromatic carbocycles. The van der Waals surface area contributed by atoms with Crippen LogP contribution in [0, 0.1) is 0 Å². The van der Waals surface area contributed by atoms with Gasteiger partial charge in [0.25, 0.3) is 0 Å². The number of aromatic nitrogens is 3. The first-order chi connectivity index (χ1) is 9.10. The minimum atomic E-state index is -1.93. The van der Waals surface area contributed by atoms with Crippen LogP contribution >= 0.6 is 0 Å². The van der Waals surface area contributed by atoms with Crippen LogP contribution in [0.25, 0.3) is 0 Å². The zero-order chi connectivity index (χ0) is 17.0. The quantitative estimate of drug-likeness (QED) is 0.606. The number of rotatable bonds is 3. The Bertz CT molecular complexity index is 588. The molecule has 0 amide bonds. The van der Waals surface area contributed by atoms with Crippen molar-refractivity contribution in [1.82, 2.24) is 13.7 Å². The molecule has 0 bridgehead atoms. The van der Waals surface area contributed by atoms with Crippen LogP contribution in [0.15, 0.2) is 14.4 Å². The van der Waals surface area contributed by atoms with E-state index < -0.39 is 34.2 Å². The van der Waals surface area contributed by atoms with Gasteiger partial charge in [-0.1, -0.05) is 0 Å². The van der Waals surface area contributed by atoms with Crippen LogP contribution in [0.2, 0.25) is 0 Å². The number of hydrogen-bond donors (Lipinski definition) is 3. The van der Waals surface area contributed by atoms with Gasteiger partial charge in [0.2, 0.25) is 0 Å². The fourth-order valence-corrected chi connectivity index (χ4v) is 1.95. The van der Waals surface area contributed by atoms with Crippen LogP contribution in [0.3, 0.4) is 0 Å². The van der Waals surface area contributed by atoms with Crippen molar-refractivity contribution in [2.75, 3.05) is 0 Å². The standard InChI is InChI=1S/C12H21N3O6/c1-10(2,19)13-7(16)14(11(3,4)20)9(18)15(8(13)17)12(5,6)21/h19-21H,1-6H3. The van der Waals surface area contributed by atoms with Crippen molar-refractivity contribution < 1.29 is 15.3 Å². The molecule has 9 nitrogen and oxygen atoms in total. The second-order valence-electron chi connectivity index (χ2n) is 6.34. The average molecular weight is 303 g/mol. The van der Waals surface area contributed by atoms with Gasteiger partial charge in [-0.2, -0.15) is 0 Å². The third-order valence-electron chi connectivity index (χ3n) is 2.79. The molecule has 0 aliphatic carbocycles. The van der Waals surface area contributed by atoms with E-state index in [1.165, 1.54) is 41.5 Å². The topological polar surface area (TPSA) is 127 Å². The summed E-state index contributed by atoms with van der Waals surface area (Å²) in [4.78, 5) is 36.9. The fraction of sp³-hybridized carbons (Fsp3) is 0.750. The summed E-state index contributed by atoms with van der Waals surface area (Å²) in [6, 6.07) is 0. The Morgan fingerprint density at radius 3 is 0.810 bits per heavy atom. The van der Waals surface area contributed by atoms with Gasteiger partial charge in [0, 0.05) is 0 Å². The molecule has 0 radical (unpaired) electrons. The Morgan fingerprint density at radius 1 is 0.571 bits per heavy atom. The van der Waals surface area contributed by atoms with Gasteiger partial charge in [0.15, 0.2) is 0 Å². The van der Waals surface area contributed by atoms with Gasteiger partial charge in [-0.25, -0.2) is 28.1 Å². The Hall–Kier alpha value is -1.71. The van der Waals surface area contributed by atoms with Crippen LogP contribution < -0.4 is 17.1 Å². The molecule has 0 aliphatic rings. The smallest absolute Gasteiger partial charge is 0.341 e. The summed E-state index contributed by atoms with van der Waals surface area (Å²) in [5.74, 6) is 0. The van der Waals surface area contributed by atoms with Crippen LogP contribution in [-0.4, -0.2) is 29.0 Å². The Balaban J connectivity index is 4.21. The van der Waals surface area contributed by atoms with E-state index in [0.717, 1.165) is 0 Å². The highest BCUT2D eigenvalue weighted by atomic mass is 16.3. The second kappa shape index (κ2) is 4.65. The van der Waals surface area contributed by atoms with Gasteiger partial charge in [-0.15, -0.1) is 0 Å². The predicted octanol–water partition coefficient (Wildman–Crippen LogP) is -1.77. The van der Waals surface area contributed by atoms with Crippen molar-refractivity contribution in [1.29, 1.82) is 0 Å². The molecule has 1 heterocycles. The Kier molecular flexibility index (Phi) is 3.84. The third-order valence-corrected chi connectivity index (χ3v) is 2.79. The number of nitrogens with zero attached hydrogens (tertiary/aromatic N) is 3. The highest BCUT2D eigenvalue weighted by Crippen LogP contribution is 2.09. The molecule has 0 unspecified atom stereocenters. The summed E-state index contributed by atoms with van der Waals surface area (Å²) >= 11 is 0. The van der Waals surface area contributed by atoms with E-state index in [2.05, 4.69) is 0 Å². The lowest BCUT2D eigenvalue weighted by Gasteiger charge is -2.29. The molecule has 0 spiro atoms. The highest BCUT2D eigenvalue weighted by molar-refractivity contribution is 4.88. The second-order valence-corrected chi connectivity index (χ2v) is 6.34. The zero-order valence-electron chi connectivity index (χ0n) is 12.9. The first-order valence-electron chi connectivity index (χ1n) is 6.30. The summed E-state index contributed by atoms with van der Waals surface area (Å²) in [5, 5.41) is 30.0. The summed E-state index contributed by atoms with van der Waals surface area (Å²) in [6.07, 6.45) is 0. The van der Waals surface area contributed by atoms with Gasteiger partial charge < -0.3 is 15.3 Å². The monoisotopic (exact) mass is 303 g/mol.